The molecule has 0 aliphatic carbocycles. The van der Waals surface area contributed by atoms with Gasteiger partial charge in [0.25, 0.3) is 0 Å². The second kappa shape index (κ2) is 6.50. The molecular formula is C14H20N2OS. The quantitative estimate of drug-likeness (QED) is 0.801. The highest BCUT2D eigenvalue weighted by Crippen LogP contribution is 2.12. The largest absolute Gasteiger partial charge is 0.393 e. The molecule has 3 nitrogen and oxygen atoms in total. The number of benzene rings is 1. The van der Waals surface area contributed by atoms with Crippen molar-refractivity contribution in [2.24, 2.45) is 17.6 Å². The summed E-state index contributed by atoms with van der Waals surface area (Å²) in [7, 11) is 0. The van der Waals surface area contributed by atoms with E-state index in [-0.39, 0.29) is 16.8 Å². The van der Waals surface area contributed by atoms with Crippen LogP contribution in [-0.2, 0) is 11.3 Å². The van der Waals surface area contributed by atoms with E-state index in [9.17, 15) is 4.79 Å². The zero-order valence-corrected chi connectivity index (χ0v) is 11.9. The standard InChI is InChI=1S/C14H20N2OS/c1-9(2)12(13(15)18)14(17)16-8-11-7-5-4-6-10(11)3/h4-7,9,12H,8H2,1-3H3,(H2,15,18)(H,16,17). The van der Waals surface area contributed by atoms with Gasteiger partial charge in [0.05, 0.1) is 10.9 Å². The average molecular weight is 264 g/mol. The lowest BCUT2D eigenvalue weighted by atomic mass is 9.95. The summed E-state index contributed by atoms with van der Waals surface area (Å²) >= 11 is 4.94. The molecule has 0 aliphatic rings. The van der Waals surface area contributed by atoms with Crippen LogP contribution in [0.3, 0.4) is 0 Å². The molecule has 1 atom stereocenters. The molecule has 0 saturated carbocycles. The Kier molecular flexibility index (Phi) is 5.28. The van der Waals surface area contributed by atoms with E-state index in [0.29, 0.717) is 6.54 Å². The second-order valence-corrected chi connectivity index (χ2v) is 5.24. The first-order chi connectivity index (χ1) is 8.43. The van der Waals surface area contributed by atoms with Gasteiger partial charge in [0, 0.05) is 6.54 Å². The molecule has 18 heavy (non-hydrogen) atoms. The van der Waals surface area contributed by atoms with E-state index >= 15 is 0 Å². The smallest absolute Gasteiger partial charge is 0.230 e. The lowest BCUT2D eigenvalue weighted by Crippen LogP contribution is -2.40. The summed E-state index contributed by atoms with van der Waals surface area (Å²) < 4.78 is 0. The number of carbonyl (C=O) groups excluding carboxylic acids is 1. The summed E-state index contributed by atoms with van der Waals surface area (Å²) in [5.74, 6) is -0.385. The Morgan fingerprint density at radius 2 is 2.00 bits per heavy atom. The van der Waals surface area contributed by atoms with E-state index in [4.69, 9.17) is 18.0 Å². The molecule has 0 aliphatic heterocycles. The molecule has 4 heteroatoms. The number of rotatable bonds is 5. The van der Waals surface area contributed by atoms with Gasteiger partial charge >= 0.3 is 0 Å². The van der Waals surface area contributed by atoms with Crippen molar-refractivity contribution < 1.29 is 4.79 Å². The minimum atomic E-state index is -0.399. The second-order valence-electron chi connectivity index (χ2n) is 4.77. The van der Waals surface area contributed by atoms with Crippen LogP contribution in [0, 0.1) is 18.8 Å². The van der Waals surface area contributed by atoms with E-state index in [1.54, 1.807) is 0 Å². The molecule has 0 fully saturated rings. The molecule has 0 aromatic heterocycles. The number of hydrogen-bond acceptors (Lipinski definition) is 2. The Labute approximate surface area is 114 Å². The van der Waals surface area contributed by atoms with Crippen LogP contribution in [0.1, 0.15) is 25.0 Å². The maximum atomic E-state index is 12.0. The van der Waals surface area contributed by atoms with Gasteiger partial charge in [0.2, 0.25) is 5.91 Å². The van der Waals surface area contributed by atoms with Crippen molar-refractivity contribution in [1.82, 2.24) is 5.32 Å². The third kappa shape index (κ3) is 3.81. The first-order valence-corrected chi connectivity index (χ1v) is 6.46. The summed E-state index contributed by atoms with van der Waals surface area (Å²) in [6.45, 7) is 6.42. The van der Waals surface area contributed by atoms with Crippen LogP contribution in [0.15, 0.2) is 24.3 Å². The summed E-state index contributed by atoms with van der Waals surface area (Å²) in [6, 6.07) is 7.96. The molecule has 1 aromatic carbocycles. The van der Waals surface area contributed by atoms with Gasteiger partial charge in [-0.2, -0.15) is 0 Å². The lowest BCUT2D eigenvalue weighted by molar-refractivity contribution is -0.124. The van der Waals surface area contributed by atoms with Crippen LogP contribution in [0.2, 0.25) is 0 Å². The van der Waals surface area contributed by atoms with Crippen LogP contribution < -0.4 is 11.1 Å². The van der Waals surface area contributed by atoms with Gasteiger partial charge in [-0.15, -0.1) is 0 Å². The van der Waals surface area contributed by atoms with E-state index in [0.717, 1.165) is 11.1 Å². The number of thiocarbonyl (C=S) groups is 1. The minimum absolute atomic E-state index is 0.0965. The fourth-order valence-electron chi connectivity index (χ4n) is 1.86. The van der Waals surface area contributed by atoms with Gasteiger partial charge in [-0.3, -0.25) is 4.79 Å². The Morgan fingerprint density at radius 1 is 1.39 bits per heavy atom. The van der Waals surface area contributed by atoms with Crippen LogP contribution in [0.25, 0.3) is 0 Å². The first kappa shape index (κ1) is 14.6. The number of amides is 1. The normalized spacial score (nSPS) is 12.2. The maximum absolute atomic E-state index is 12.0. The molecule has 0 bridgehead atoms. The van der Waals surface area contributed by atoms with Crippen molar-refractivity contribution in [3.8, 4) is 0 Å². The number of nitrogens with one attached hydrogen (secondary N) is 1. The average Bonchev–Trinajstić information content (AvgIpc) is 2.27. The van der Waals surface area contributed by atoms with Gasteiger partial charge in [0.1, 0.15) is 0 Å². The van der Waals surface area contributed by atoms with Crippen LogP contribution in [0.5, 0.6) is 0 Å². The van der Waals surface area contributed by atoms with Gasteiger partial charge < -0.3 is 11.1 Å². The molecule has 3 N–H and O–H groups in total. The highest BCUT2D eigenvalue weighted by Gasteiger charge is 2.24. The van der Waals surface area contributed by atoms with Gasteiger partial charge in [0.15, 0.2) is 0 Å². The molecule has 0 heterocycles. The van der Waals surface area contributed by atoms with Crippen molar-refractivity contribution in [3.05, 3.63) is 35.4 Å². The number of nitrogens with two attached hydrogens (primary N) is 1. The first-order valence-electron chi connectivity index (χ1n) is 6.05. The molecule has 1 rings (SSSR count). The van der Waals surface area contributed by atoms with E-state index in [1.165, 1.54) is 0 Å². The third-order valence-corrected chi connectivity index (χ3v) is 3.22. The van der Waals surface area contributed by atoms with E-state index in [1.807, 2.05) is 45.0 Å². The van der Waals surface area contributed by atoms with Crippen molar-refractivity contribution in [2.45, 2.75) is 27.3 Å². The zero-order chi connectivity index (χ0) is 13.7. The highest BCUT2D eigenvalue weighted by atomic mass is 32.1. The summed E-state index contributed by atoms with van der Waals surface area (Å²) in [4.78, 5) is 12.3. The fraction of sp³-hybridized carbons (Fsp3) is 0.429. The van der Waals surface area contributed by atoms with Gasteiger partial charge in [-0.05, 0) is 24.0 Å². The molecule has 0 spiro atoms. The van der Waals surface area contributed by atoms with Crippen molar-refractivity contribution in [1.29, 1.82) is 0 Å². The van der Waals surface area contributed by atoms with Crippen molar-refractivity contribution in [3.63, 3.8) is 0 Å². The predicted octanol–water partition coefficient (Wildman–Crippen LogP) is 2.17. The van der Waals surface area contributed by atoms with Gasteiger partial charge in [-0.25, -0.2) is 0 Å². The van der Waals surface area contributed by atoms with Gasteiger partial charge in [-0.1, -0.05) is 50.3 Å². The molecule has 1 aromatic rings. The minimum Gasteiger partial charge on any atom is -0.393 e. The highest BCUT2D eigenvalue weighted by molar-refractivity contribution is 7.80. The summed E-state index contributed by atoms with van der Waals surface area (Å²) in [5, 5.41) is 2.90. The zero-order valence-electron chi connectivity index (χ0n) is 11.1. The Bertz CT molecular complexity index is 443. The lowest BCUT2D eigenvalue weighted by Gasteiger charge is -2.19. The topological polar surface area (TPSA) is 55.1 Å². The van der Waals surface area contributed by atoms with Crippen molar-refractivity contribution in [2.75, 3.05) is 0 Å². The van der Waals surface area contributed by atoms with E-state index in [2.05, 4.69) is 5.32 Å². The molecule has 1 amide bonds. The molecule has 0 saturated heterocycles. The van der Waals surface area contributed by atoms with Crippen molar-refractivity contribution >= 4 is 23.1 Å². The number of carbonyl (C=O) groups is 1. The Balaban J connectivity index is 2.66. The molecule has 98 valence electrons. The fourth-order valence-corrected chi connectivity index (χ4v) is 2.24. The predicted molar refractivity (Wildman–Crippen MR) is 78.1 cm³/mol. The van der Waals surface area contributed by atoms with E-state index < -0.39 is 5.92 Å². The van der Waals surface area contributed by atoms with Crippen LogP contribution >= 0.6 is 12.2 Å². The Morgan fingerprint density at radius 3 is 2.50 bits per heavy atom. The maximum Gasteiger partial charge on any atom is 0.230 e. The van der Waals surface area contributed by atoms with Crippen LogP contribution in [-0.4, -0.2) is 10.9 Å². The van der Waals surface area contributed by atoms with Crippen LogP contribution in [0.4, 0.5) is 0 Å². The molecular weight excluding hydrogens is 244 g/mol. The molecule has 1 unspecified atom stereocenters. The number of hydrogen-bond donors (Lipinski definition) is 2. The third-order valence-electron chi connectivity index (χ3n) is 2.97. The SMILES string of the molecule is Cc1ccccc1CNC(=O)C(C(N)=S)C(C)C. The summed E-state index contributed by atoms with van der Waals surface area (Å²) in [6.07, 6.45) is 0. The Hall–Kier alpha value is -1.42. The molecule has 0 radical (unpaired) electrons. The number of aryl methyl sites for hydroxylation is 1. The monoisotopic (exact) mass is 264 g/mol. The summed E-state index contributed by atoms with van der Waals surface area (Å²) in [5.41, 5.74) is 7.88.